The molecule has 1 rings (SSSR count). The van der Waals surface area contributed by atoms with E-state index in [4.69, 9.17) is 15.6 Å². The summed E-state index contributed by atoms with van der Waals surface area (Å²) in [5.74, 6) is 0.852. The smallest absolute Gasteiger partial charge is 0.128 e. The molecule has 3 N–H and O–H groups in total. The largest absolute Gasteiger partial charge is 0.496 e. The standard InChI is InChI=1S/C11H18N2O2/c1-7-5-13-10(4-9(12)6-14)8(2)11(7)15-3/h5,9,14H,4,6,12H2,1-3H3. The molecule has 1 aromatic heterocycles. The van der Waals surface area contributed by atoms with Crippen LogP contribution in [0.15, 0.2) is 6.20 Å². The first-order valence-corrected chi connectivity index (χ1v) is 4.95. The number of rotatable bonds is 4. The topological polar surface area (TPSA) is 68.4 Å². The van der Waals surface area contributed by atoms with Crippen LogP contribution in [0, 0.1) is 13.8 Å². The molecule has 0 aliphatic heterocycles. The van der Waals surface area contributed by atoms with Crippen LogP contribution < -0.4 is 10.5 Å². The van der Waals surface area contributed by atoms with Gasteiger partial charge in [-0.15, -0.1) is 0 Å². The van der Waals surface area contributed by atoms with E-state index in [1.54, 1.807) is 13.3 Å². The van der Waals surface area contributed by atoms with E-state index in [0.717, 1.165) is 22.6 Å². The first-order valence-electron chi connectivity index (χ1n) is 4.95. The van der Waals surface area contributed by atoms with Crippen molar-refractivity contribution in [1.29, 1.82) is 0 Å². The summed E-state index contributed by atoms with van der Waals surface area (Å²) in [7, 11) is 1.64. The monoisotopic (exact) mass is 210 g/mol. The van der Waals surface area contributed by atoms with Crippen LogP contribution in [0.3, 0.4) is 0 Å². The van der Waals surface area contributed by atoms with Crippen LogP contribution in [0.4, 0.5) is 0 Å². The molecule has 0 saturated heterocycles. The summed E-state index contributed by atoms with van der Waals surface area (Å²) in [6, 6.07) is -0.261. The first kappa shape index (κ1) is 11.9. The van der Waals surface area contributed by atoms with Crippen molar-refractivity contribution in [3.63, 3.8) is 0 Å². The van der Waals surface area contributed by atoms with Crippen molar-refractivity contribution in [3.05, 3.63) is 23.0 Å². The summed E-state index contributed by atoms with van der Waals surface area (Å²) in [6.45, 7) is 3.88. The highest BCUT2D eigenvalue weighted by Crippen LogP contribution is 2.24. The number of methoxy groups -OCH3 is 1. The Morgan fingerprint density at radius 1 is 1.53 bits per heavy atom. The molecular weight excluding hydrogens is 192 g/mol. The third-order valence-electron chi connectivity index (χ3n) is 2.44. The molecule has 0 radical (unpaired) electrons. The minimum Gasteiger partial charge on any atom is -0.496 e. The molecule has 4 heteroatoms. The highest BCUT2D eigenvalue weighted by molar-refractivity contribution is 5.41. The maximum atomic E-state index is 8.88. The van der Waals surface area contributed by atoms with Crippen LogP contribution >= 0.6 is 0 Å². The number of nitrogens with zero attached hydrogens (tertiary/aromatic N) is 1. The van der Waals surface area contributed by atoms with Gasteiger partial charge in [-0.2, -0.15) is 0 Å². The number of aryl methyl sites for hydroxylation is 1. The van der Waals surface area contributed by atoms with E-state index >= 15 is 0 Å². The minimum atomic E-state index is -0.261. The summed E-state index contributed by atoms with van der Waals surface area (Å²) >= 11 is 0. The average molecular weight is 210 g/mol. The fraction of sp³-hybridized carbons (Fsp3) is 0.545. The molecule has 1 atom stereocenters. The van der Waals surface area contributed by atoms with E-state index in [9.17, 15) is 0 Å². The van der Waals surface area contributed by atoms with Gasteiger partial charge in [0.25, 0.3) is 0 Å². The van der Waals surface area contributed by atoms with Crippen LogP contribution in [-0.4, -0.2) is 29.8 Å². The van der Waals surface area contributed by atoms with Crippen molar-refractivity contribution in [1.82, 2.24) is 4.98 Å². The van der Waals surface area contributed by atoms with Gasteiger partial charge in [0.15, 0.2) is 0 Å². The second-order valence-electron chi connectivity index (χ2n) is 3.69. The maximum absolute atomic E-state index is 8.88. The highest BCUT2D eigenvalue weighted by atomic mass is 16.5. The molecule has 1 aromatic rings. The molecule has 0 aliphatic carbocycles. The Morgan fingerprint density at radius 3 is 2.73 bits per heavy atom. The molecule has 0 fully saturated rings. The first-order chi connectivity index (χ1) is 7.10. The molecule has 0 saturated carbocycles. The predicted molar refractivity (Wildman–Crippen MR) is 59.0 cm³/mol. The van der Waals surface area contributed by atoms with E-state index in [2.05, 4.69) is 4.98 Å². The van der Waals surface area contributed by atoms with Crippen LogP contribution in [0.2, 0.25) is 0 Å². The van der Waals surface area contributed by atoms with Gasteiger partial charge in [0.05, 0.1) is 13.7 Å². The van der Waals surface area contributed by atoms with E-state index in [1.165, 1.54) is 0 Å². The lowest BCUT2D eigenvalue weighted by atomic mass is 10.1. The zero-order valence-electron chi connectivity index (χ0n) is 9.45. The molecule has 4 nitrogen and oxygen atoms in total. The van der Waals surface area contributed by atoms with Gasteiger partial charge in [-0.1, -0.05) is 0 Å². The Bertz CT molecular complexity index is 340. The lowest BCUT2D eigenvalue weighted by Crippen LogP contribution is -2.27. The summed E-state index contributed by atoms with van der Waals surface area (Å²) in [5, 5.41) is 8.88. The molecule has 0 aromatic carbocycles. The molecule has 0 amide bonds. The fourth-order valence-electron chi connectivity index (χ4n) is 1.59. The van der Waals surface area contributed by atoms with Crippen molar-refractivity contribution in [3.8, 4) is 5.75 Å². The van der Waals surface area contributed by atoms with Crippen molar-refractivity contribution >= 4 is 0 Å². The predicted octanol–water partition coefficient (Wildman–Crippen LogP) is 0.569. The van der Waals surface area contributed by atoms with Crippen LogP contribution in [0.5, 0.6) is 5.75 Å². The molecule has 1 heterocycles. The van der Waals surface area contributed by atoms with Gasteiger partial charge in [-0.25, -0.2) is 0 Å². The molecule has 15 heavy (non-hydrogen) atoms. The number of aromatic nitrogens is 1. The number of aliphatic hydroxyl groups excluding tert-OH is 1. The van der Waals surface area contributed by atoms with Crippen molar-refractivity contribution in [2.75, 3.05) is 13.7 Å². The van der Waals surface area contributed by atoms with Crippen molar-refractivity contribution < 1.29 is 9.84 Å². The number of hydrogen-bond donors (Lipinski definition) is 2. The van der Waals surface area contributed by atoms with Crippen molar-refractivity contribution in [2.24, 2.45) is 5.73 Å². The van der Waals surface area contributed by atoms with Crippen LogP contribution in [0.25, 0.3) is 0 Å². The zero-order valence-corrected chi connectivity index (χ0v) is 9.45. The SMILES string of the molecule is COc1c(C)cnc(CC(N)CO)c1C. The number of ether oxygens (including phenoxy) is 1. The number of aliphatic hydroxyl groups is 1. The van der Waals surface area contributed by atoms with Gasteiger partial charge < -0.3 is 15.6 Å². The van der Waals surface area contributed by atoms with E-state index in [-0.39, 0.29) is 12.6 Å². The minimum absolute atomic E-state index is 0.0304. The van der Waals surface area contributed by atoms with Gasteiger partial charge in [-0.3, -0.25) is 4.98 Å². The molecule has 1 unspecified atom stereocenters. The Balaban J connectivity index is 2.99. The molecule has 0 spiro atoms. The molecule has 84 valence electrons. The second-order valence-corrected chi connectivity index (χ2v) is 3.69. The zero-order chi connectivity index (χ0) is 11.4. The quantitative estimate of drug-likeness (QED) is 0.762. The van der Waals surface area contributed by atoms with Crippen molar-refractivity contribution in [2.45, 2.75) is 26.3 Å². The van der Waals surface area contributed by atoms with Gasteiger partial charge in [-0.05, 0) is 13.8 Å². The molecular formula is C11H18N2O2. The van der Waals surface area contributed by atoms with Crippen LogP contribution in [0.1, 0.15) is 16.8 Å². The highest BCUT2D eigenvalue weighted by Gasteiger charge is 2.11. The summed E-state index contributed by atoms with van der Waals surface area (Å²) in [4.78, 5) is 4.30. The van der Waals surface area contributed by atoms with Gasteiger partial charge in [0, 0.05) is 35.5 Å². The summed E-state index contributed by atoms with van der Waals surface area (Å²) in [6.07, 6.45) is 2.34. The van der Waals surface area contributed by atoms with E-state index < -0.39 is 0 Å². The van der Waals surface area contributed by atoms with Gasteiger partial charge in [0.2, 0.25) is 0 Å². The lowest BCUT2D eigenvalue weighted by Gasteiger charge is -2.14. The lowest BCUT2D eigenvalue weighted by molar-refractivity contribution is 0.264. The fourth-order valence-corrected chi connectivity index (χ4v) is 1.59. The normalized spacial score (nSPS) is 12.6. The number of pyridine rings is 1. The number of hydrogen-bond acceptors (Lipinski definition) is 4. The average Bonchev–Trinajstić information content (AvgIpc) is 2.23. The van der Waals surface area contributed by atoms with Gasteiger partial charge >= 0.3 is 0 Å². The third kappa shape index (κ3) is 2.67. The Kier molecular flexibility index (Phi) is 4.05. The summed E-state index contributed by atoms with van der Waals surface area (Å²) < 4.78 is 5.29. The van der Waals surface area contributed by atoms with Gasteiger partial charge in [0.1, 0.15) is 5.75 Å². The molecule has 0 aliphatic rings. The van der Waals surface area contributed by atoms with Crippen LogP contribution in [-0.2, 0) is 6.42 Å². The summed E-state index contributed by atoms with van der Waals surface area (Å²) in [5.41, 5.74) is 8.57. The Hall–Kier alpha value is -1.13. The second kappa shape index (κ2) is 5.09. The Morgan fingerprint density at radius 2 is 2.20 bits per heavy atom. The Labute approximate surface area is 90.1 Å². The van der Waals surface area contributed by atoms with E-state index in [0.29, 0.717) is 6.42 Å². The number of nitrogens with two attached hydrogens (primary N) is 1. The molecule has 0 bridgehead atoms. The maximum Gasteiger partial charge on any atom is 0.128 e. The third-order valence-corrected chi connectivity index (χ3v) is 2.44. The van der Waals surface area contributed by atoms with E-state index in [1.807, 2.05) is 13.8 Å².